The van der Waals surface area contributed by atoms with Gasteiger partial charge in [0, 0.05) is 12.6 Å². The normalized spacial score (nSPS) is 16.1. The maximum atomic E-state index is 12.0. The van der Waals surface area contributed by atoms with Crippen LogP contribution >= 0.6 is 23.9 Å². The van der Waals surface area contributed by atoms with E-state index in [1.54, 1.807) is 0 Å². The van der Waals surface area contributed by atoms with Crippen molar-refractivity contribution in [2.75, 3.05) is 6.54 Å². The van der Waals surface area contributed by atoms with Crippen molar-refractivity contribution in [2.24, 2.45) is 11.7 Å². The van der Waals surface area contributed by atoms with Crippen molar-refractivity contribution in [3.8, 4) is 0 Å². The van der Waals surface area contributed by atoms with Crippen LogP contribution in [0.1, 0.15) is 35.1 Å². The number of rotatable bonds is 5. The van der Waals surface area contributed by atoms with Gasteiger partial charge in [-0.2, -0.15) is 0 Å². The third-order valence-electron chi connectivity index (χ3n) is 2.86. The number of nitrogens with two attached hydrogens (primary N) is 1. The van der Waals surface area contributed by atoms with E-state index in [4.69, 9.17) is 5.73 Å². The van der Waals surface area contributed by atoms with Crippen molar-refractivity contribution in [1.29, 1.82) is 0 Å². The average molecular weight is 277 g/mol. The van der Waals surface area contributed by atoms with Gasteiger partial charge in [0.15, 0.2) is 0 Å². The van der Waals surface area contributed by atoms with Gasteiger partial charge in [-0.15, -0.1) is 17.5 Å². The third-order valence-corrected chi connectivity index (χ3v) is 3.63. The highest BCUT2D eigenvalue weighted by molar-refractivity contribution is 7.08. The molecule has 0 radical (unpaired) electrons. The molecule has 2 rings (SSSR count). The highest BCUT2D eigenvalue weighted by Crippen LogP contribution is 2.32. The summed E-state index contributed by atoms with van der Waals surface area (Å²) >= 11 is 1.15. The summed E-state index contributed by atoms with van der Waals surface area (Å²) in [5.41, 5.74) is 6.42. The Morgan fingerprint density at radius 2 is 2.35 bits per heavy atom. The van der Waals surface area contributed by atoms with Crippen LogP contribution < -0.4 is 11.1 Å². The second kappa shape index (κ2) is 6.28. The summed E-state index contributed by atoms with van der Waals surface area (Å²) < 4.78 is 3.81. The Labute approximate surface area is 111 Å². The van der Waals surface area contributed by atoms with E-state index >= 15 is 0 Å². The molecule has 0 aliphatic heterocycles. The number of nitrogens with zero attached hydrogens (tertiary/aromatic N) is 2. The number of aryl methyl sites for hydroxylation is 1. The molecule has 1 atom stereocenters. The minimum Gasteiger partial charge on any atom is -0.347 e. The van der Waals surface area contributed by atoms with Gasteiger partial charge in [0.05, 0.1) is 5.69 Å². The summed E-state index contributed by atoms with van der Waals surface area (Å²) in [6, 6.07) is 0.110. The van der Waals surface area contributed by atoms with E-state index < -0.39 is 0 Å². The fourth-order valence-electron chi connectivity index (χ4n) is 1.71. The molecule has 1 aromatic rings. The zero-order valence-electron chi connectivity index (χ0n) is 9.68. The number of hydrogen-bond acceptors (Lipinski definition) is 5. The lowest BCUT2D eigenvalue weighted by Gasteiger charge is -2.15. The molecule has 1 aliphatic carbocycles. The molecular weight excluding hydrogens is 260 g/mol. The highest BCUT2D eigenvalue weighted by Gasteiger charge is 2.32. The number of carbonyl (C=O) groups is 1. The topological polar surface area (TPSA) is 80.9 Å². The van der Waals surface area contributed by atoms with E-state index in [1.807, 2.05) is 6.92 Å². The molecule has 1 unspecified atom stereocenters. The van der Waals surface area contributed by atoms with Crippen LogP contribution in [0, 0.1) is 5.92 Å². The van der Waals surface area contributed by atoms with Gasteiger partial charge in [-0.1, -0.05) is 11.4 Å². The monoisotopic (exact) mass is 276 g/mol. The largest absolute Gasteiger partial charge is 0.347 e. The van der Waals surface area contributed by atoms with Gasteiger partial charge < -0.3 is 11.1 Å². The van der Waals surface area contributed by atoms with Gasteiger partial charge in [0.2, 0.25) is 0 Å². The van der Waals surface area contributed by atoms with E-state index in [0.29, 0.717) is 17.3 Å². The number of hydrogen-bond donors (Lipinski definition) is 2. The predicted octanol–water partition coefficient (Wildman–Crippen LogP) is 0.989. The Morgan fingerprint density at radius 1 is 1.65 bits per heavy atom. The minimum atomic E-state index is -0.0748. The fraction of sp³-hybridized carbons (Fsp3) is 0.700. The lowest BCUT2D eigenvalue weighted by atomic mass is 10.2. The number of carbonyl (C=O) groups excluding carboxylic acids is 1. The molecule has 1 saturated carbocycles. The molecule has 0 spiro atoms. The first-order chi connectivity index (χ1) is 7.76. The molecule has 96 valence electrons. The van der Waals surface area contributed by atoms with E-state index in [-0.39, 0.29) is 24.4 Å². The molecular formula is C10H17ClN4OS. The molecule has 3 N–H and O–H groups in total. The summed E-state index contributed by atoms with van der Waals surface area (Å²) in [7, 11) is 0. The molecule has 1 heterocycles. The maximum Gasteiger partial charge on any atom is 0.265 e. The van der Waals surface area contributed by atoms with Gasteiger partial charge in [0.25, 0.3) is 5.91 Å². The second-order valence-corrected chi connectivity index (χ2v) is 4.81. The highest BCUT2D eigenvalue weighted by atomic mass is 35.5. The van der Waals surface area contributed by atoms with Crippen molar-refractivity contribution in [2.45, 2.75) is 32.2 Å². The van der Waals surface area contributed by atoms with Gasteiger partial charge in [-0.25, -0.2) is 0 Å². The molecule has 5 nitrogen and oxygen atoms in total. The maximum absolute atomic E-state index is 12.0. The third kappa shape index (κ3) is 3.37. The zero-order chi connectivity index (χ0) is 11.5. The van der Waals surface area contributed by atoms with E-state index in [2.05, 4.69) is 14.9 Å². The number of aromatic nitrogens is 2. The smallest absolute Gasteiger partial charge is 0.265 e. The summed E-state index contributed by atoms with van der Waals surface area (Å²) in [4.78, 5) is 12.6. The van der Waals surface area contributed by atoms with Crippen molar-refractivity contribution < 1.29 is 4.79 Å². The van der Waals surface area contributed by atoms with Crippen molar-refractivity contribution in [3.63, 3.8) is 0 Å². The Morgan fingerprint density at radius 3 is 2.88 bits per heavy atom. The molecule has 1 aromatic heterocycles. The van der Waals surface area contributed by atoms with Crippen LogP contribution in [0.15, 0.2) is 0 Å². The second-order valence-electron chi connectivity index (χ2n) is 4.06. The Hall–Kier alpha value is -0.720. The van der Waals surface area contributed by atoms with Gasteiger partial charge in [-0.3, -0.25) is 4.79 Å². The van der Waals surface area contributed by atoms with E-state index in [9.17, 15) is 4.79 Å². The first kappa shape index (κ1) is 14.3. The van der Waals surface area contributed by atoms with Crippen LogP contribution in [0.4, 0.5) is 0 Å². The Kier molecular flexibility index (Phi) is 5.30. The minimum absolute atomic E-state index is 0. The van der Waals surface area contributed by atoms with E-state index in [1.165, 1.54) is 12.8 Å². The number of amides is 1. The van der Waals surface area contributed by atoms with Gasteiger partial charge >= 0.3 is 0 Å². The lowest BCUT2D eigenvalue weighted by molar-refractivity contribution is 0.0936. The molecule has 0 bridgehead atoms. The van der Waals surface area contributed by atoms with Gasteiger partial charge in [0.1, 0.15) is 4.88 Å². The number of halogens is 1. The summed E-state index contributed by atoms with van der Waals surface area (Å²) in [5.74, 6) is 0.495. The van der Waals surface area contributed by atoms with Crippen molar-refractivity contribution in [3.05, 3.63) is 10.6 Å². The molecule has 1 fully saturated rings. The van der Waals surface area contributed by atoms with Crippen LogP contribution in [0.3, 0.4) is 0 Å². The molecule has 0 aromatic carbocycles. The molecule has 7 heteroatoms. The molecule has 17 heavy (non-hydrogen) atoms. The quantitative estimate of drug-likeness (QED) is 0.840. The standard InChI is InChI=1S/C10H16N4OS.ClH/c1-2-7-9(16-14-13-7)10(15)12-8(5-11)6-3-4-6;/h6,8H,2-5,11H2,1H3,(H,12,15);1H. The Bertz CT molecular complexity index is 380. The molecule has 0 saturated heterocycles. The van der Waals surface area contributed by atoms with Crippen LogP contribution in [0.25, 0.3) is 0 Å². The van der Waals surface area contributed by atoms with Crippen LogP contribution in [0.2, 0.25) is 0 Å². The molecule has 1 aliphatic rings. The first-order valence-electron chi connectivity index (χ1n) is 5.58. The van der Waals surface area contributed by atoms with Crippen LogP contribution in [-0.4, -0.2) is 28.1 Å². The average Bonchev–Trinajstić information content (AvgIpc) is 3.02. The van der Waals surface area contributed by atoms with Gasteiger partial charge in [-0.05, 0) is 36.7 Å². The lowest BCUT2D eigenvalue weighted by Crippen LogP contribution is -2.41. The summed E-state index contributed by atoms with van der Waals surface area (Å²) in [6.45, 7) is 2.47. The number of nitrogens with one attached hydrogen (secondary N) is 1. The molecule has 1 amide bonds. The predicted molar refractivity (Wildman–Crippen MR) is 69.6 cm³/mol. The SMILES string of the molecule is CCc1nnsc1C(=O)NC(CN)C1CC1.Cl. The van der Waals surface area contributed by atoms with Crippen LogP contribution in [-0.2, 0) is 6.42 Å². The zero-order valence-corrected chi connectivity index (χ0v) is 11.3. The summed E-state index contributed by atoms with van der Waals surface area (Å²) in [5, 5.41) is 6.90. The van der Waals surface area contributed by atoms with Crippen molar-refractivity contribution in [1.82, 2.24) is 14.9 Å². The van der Waals surface area contributed by atoms with Crippen LogP contribution in [0.5, 0.6) is 0 Å². The fourth-order valence-corrected chi connectivity index (χ4v) is 2.37. The van der Waals surface area contributed by atoms with E-state index in [0.717, 1.165) is 23.6 Å². The van der Waals surface area contributed by atoms with Crippen molar-refractivity contribution >= 4 is 29.8 Å². The summed E-state index contributed by atoms with van der Waals surface area (Å²) in [6.07, 6.45) is 3.07. The first-order valence-corrected chi connectivity index (χ1v) is 6.35. The Balaban J connectivity index is 0.00000144.